The van der Waals surface area contributed by atoms with Crippen LogP contribution >= 0.6 is 11.6 Å². The lowest BCUT2D eigenvalue weighted by Crippen LogP contribution is -2.60. The molecule has 11 nitrogen and oxygen atoms in total. The van der Waals surface area contributed by atoms with Gasteiger partial charge in [-0.15, -0.1) is 12.3 Å². The Morgan fingerprint density at radius 3 is 2.62 bits per heavy atom. The van der Waals surface area contributed by atoms with Crippen molar-refractivity contribution in [2.45, 2.75) is 50.2 Å². The number of halogens is 1. The molecule has 39 heavy (non-hydrogen) atoms. The zero-order chi connectivity index (χ0) is 28.5. The van der Waals surface area contributed by atoms with E-state index in [1.165, 1.54) is 26.4 Å². The topological polar surface area (TPSA) is 153 Å². The Bertz CT molecular complexity index is 1200. The van der Waals surface area contributed by atoms with E-state index in [1.54, 1.807) is 24.3 Å². The first kappa shape index (κ1) is 30.2. The van der Waals surface area contributed by atoms with Crippen LogP contribution in [-0.2, 0) is 25.6 Å². The number of aliphatic hydroxyl groups excluding tert-OH is 3. The fourth-order valence-electron chi connectivity index (χ4n) is 3.84. The van der Waals surface area contributed by atoms with Crippen molar-refractivity contribution in [3.63, 3.8) is 0 Å². The highest BCUT2D eigenvalue weighted by molar-refractivity contribution is 6.32. The minimum atomic E-state index is -1.58. The van der Waals surface area contributed by atoms with Crippen molar-refractivity contribution in [1.82, 2.24) is 0 Å². The third-order valence-electron chi connectivity index (χ3n) is 5.86. The van der Waals surface area contributed by atoms with E-state index in [4.69, 9.17) is 41.7 Å². The number of hydrogen-bond donors (Lipinski definition) is 4. The van der Waals surface area contributed by atoms with Crippen molar-refractivity contribution in [3.05, 3.63) is 52.5 Å². The Balaban J connectivity index is 1.71. The number of hydrogen-bond acceptors (Lipinski definition) is 10. The molecule has 1 aliphatic heterocycles. The second-order valence-electron chi connectivity index (χ2n) is 8.54. The predicted octanol–water partition coefficient (Wildman–Crippen LogP) is 1.89. The van der Waals surface area contributed by atoms with E-state index in [0.717, 1.165) is 5.56 Å². The lowest BCUT2D eigenvalue weighted by atomic mass is 9.99. The highest BCUT2D eigenvalue weighted by Gasteiger charge is 2.47. The van der Waals surface area contributed by atoms with Gasteiger partial charge in [0.15, 0.2) is 23.9 Å². The molecule has 0 spiro atoms. The van der Waals surface area contributed by atoms with Crippen molar-refractivity contribution >= 4 is 29.2 Å². The summed E-state index contributed by atoms with van der Waals surface area (Å²) in [6, 6.07) is 9.66. The Kier molecular flexibility index (Phi) is 10.9. The first-order chi connectivity index (χ1) is 18.7. The molecule has 210 valence electrons. The minimum Gasteiger partial charge on any atom is -0.493 e. The number of nitrogens with one attached hydrogen (secondary N) is 1. The molecule has 0 aromatic heterocycles. The van der Waals surface area contributed by atoms with Crippen LogP contribution in [0.5, 0.6) is 11.5 Å². The van der Waals surface area contributed by atoms with E-state index in [9.17, 15) is 24.9 Å². The number of anilines is 1. The van der Waals surface area contributed by atoms with Gasteiger partial charge in [-0.2, -0.15) is 0 Å². The molecule has 1 heterocycles. The molecule has 0 saturated carbocycles. The van der Waals surface area contributed by atoms with E-state index < -0.39 is 43.3 Å². The third kappa shape index (κ3) is 7.60. The molecule has 0 radical (unpaired) electrons. The molecule has 4 N–H and O–H groups in total. The zero-order valence-corrected chi connectivity index (χ0v) is 22.1. The van der Waals surface area contributed by atoms with Gasteiger partial charge in [-0.1, -0.05) is 23.7 Å². The Hall–Kier alpha value is -3.37. The first-order valence-corrected chi connectivity index (χ1v) is 12.3. The summed E-state index contributed by atoms with van der Waals surface area (Å²) in [4.78, 5) is 24.8. The predicted molar refractivity (Wildman–Crippen MR) is 139 cm³/mol. The van der Waals surface area contributed by atoms with Gasteiger partial charge in [0.25, 0.3) is 0 Å². The molecule has 2 aromatic carbocycles. The summed E-state index contributed by atoms with van der Waals surface area (Å²) in [6.45, 7) is -0.503. The molecule has 5 atom stereocenters. The number of rotatable bonds is 11. The zero-order valence-electron chi connectivity index (χ0n) is 21.3. The number of carbonyl (C=O) groups excluding carboxylic acids is 2. The minimum absolute atomic E-state index is 0.0262. The summed E-state index contributed by atoms with van der Waals surface area (Å²) in [5, 5.41) is 32.7. The molecule has 0 bridgehead atoms. The van der Waals surface area contributed by atoms with Gasteiger partial charge >= 0.3 is 5.97 Å². The van der Waals surface area contributed by atoms with Crippen LogP contribution < -0.4 is 14.8 Å². The molecule has 1 amide bonds. The fourth-order valence-corrected chi connectivity index (χ4v) is 4.11. The van der Waals surface area contributed by atoms with Crippen LogP contribution in [0.15, 0.2) is 36.4 Å². The molecule has 12 heteroatoms. The summed E-state index contributed by atoms with van der Waals surface area (Å²) in [5.41, 5.74) is 1.28. The van der Waals surface area contributed by atoms with Crippen molar-refractivity contribution in [1.29, 1.82) is 0 Å². The maximum Gasteiger partial charge on any atom is 0.338 e. The van der Waals surface area contributed by atoms with Crippen LogP contribution in [0.25, 0.3) is 0 Å². The second kappa shape index (κ2) is 14.1. The number of benzene rings is 2. The van der Waals surface area contributed by atoms with Crippen LogP contribution in [0.2, 0.25) is 5.02 Å². The lowest BCUT2D eigenvalue weighted by molar-refractivity contribution is -0.293. The number of esters is 1. The summed E-state index contributed by atoms with van der Waals surface area (Å²) in [5.74, 6) is 1.61. The van der Waals surface area contributed by atoms with E-state index in [0.29, 0.717) is 12.1 Å². The van der Waals surface area contributed by atoms with E-state index in [-0.39, 0.29) is 41.0 Å². The van der Waals surface area contributed by atoms with Crippen LogP contribution in [0.1, 0.15) is 28.8 Å². The largest absolute Gasteiger partial charge is 0.493 e. The van der Waals surface area contributed by atoms with Gasteiger partial charge in [0.05, 0.1) is 24.3 Å². The smallest absolute Gasteiger partial charge is 0.338 e. The van der Waals surface area contributed by atoms with Crippen LogP contribution in [0.3, 0.4) is 0 Å². The van der Waals surface area contributed by atoms with Crippen molar-refractivity contribution in [2.75, 3.05) is 26.1 Å². The molecule has 2 aromatic rings. The fraction of sp³-hybridized carbons (Fsp3) is 0.407. The average molecular weight is 564 g/mol. The number of carbonyl (C=O) groups is 2. The normalized spacial score (nSPS) is 22.4. The lowest BCUT2D eigenvalue weighted by Gasteiger charge is -2.40. The van der Waals surface area contributed by atoms with Gasteiger partial charge in [0.2, 0.25) is 5.91 Å². The highest BCUT2D eigenvalue weighted by Crippen LogP contribution is 2.37. The van der Waals surface area contributed by atoms with Gasteiger partial charge < -0.3 is 44.3 Å². The molecule has 1 aliphatic rings. The monoisotopic (exact) mass is 563 g/mol. The van der Waals surface area contributed by atoms with Gasteiger partial charge in [-0.05, 0) is 29.8 Å². The van der Waals surface area contributed by atoms with E-state index >= 15 is 0 Å². The van der Waals surface area contributed by atoms with Crippen LogP contribution in [0.4, 0.5) is 5.69 Å². The van der Waals surface area contributed by atoms with Gasteiger partial charge in [0, 0.05) is 25.6 Å². The van der Waals surface area contributed by atoms with Gasteiger partial charge in [-0.25, -0.2) is 4.79 Å². The standard InChI is InChI=1S/C27H30ClNO10/c1-4-5-9-21(31)29-17-8-6-7-15(10-17)14-37-24-18(28)11-16(12-19(24)35-2)26(34)39-25-23(33)22(32)20(13-30)38-27(25)36-3/h1,6-8,10-12,20,22-23,25,27,30,32-33H,5,9,13-14H2,2-3H3,(H,29,31)/t20-,22-,23?,25-,27+/m1/s1. The van der Waals surface area contributed by atoms with Gasteiger partial charge in [-0.3, -0.25) is 4.79 Å². The summed E-state index contributed by atoms with van der Waals surface area (Å²) >= 11 is 6.41. The SMILES string of the molecule is C#CCCC(=O)Nc1cccc(COc2c(Cl)cc(C(=O)O[C@@H]3C(O)[C@H](O)[C@@H](CO)O[C@@H]3OC)cc2OC)c1. The number of aliphatic hydroxyl groups is 3. The Labute approximate surface area is 230 Å². The summed E-state index contributed by atoms with van der Waals surface area (Å²) in [6.07, 6.45) is -1.09. The molecular formula is C27H30ClNO10. The van der Waals surface area contributed by atoms with E-state index in [1.807, 2.05) is 0 Å². The molecule has 1 fully saturated rings. The molecule has 0 aliphatic carbocycles. The Morgan fingerprint density at radius 2 is 1.95 bits per heavy atom. The number of amides is 1. The molecule has 1 saturated heterocycles. The Morgan fingerprint density at radius 1 is 1.18 bits per heavy atom. The molecular weight excluding hydrogens is 534 g/mol. The number of terminal acetylenes is 1. The average Bonchev–Trinajstić information content (AvgIpc) is 2.93. The third-order valence-corrected chi connectivity index (χ3v) is 6.14. The number of methoxy groups -OCH3 is 2. The first-order valence-electron chi connectivity index (χ1n) is 11.9. The molecule has 3 rings (SSSR count). The summed E-state index contributed by atoms with van der Waals surface area (Å²) < 4.78 is 27.1. The quantitative estimate of drug-likeness (QED) is 0.235. The van der Waals surface area contributed by atoms with Crippen molar-refractivity contribution < 1.29 is 48.6 Å². The van der Waals surface area contributed by atoms with E-state index in [2.05, 4.69) is 11.2 Å². The highest BCUT2D eigenvalue weighted by atomic mass is 35.5. The maximum absolute atomic E-state index is 12.9. The summed E-state index contributed by atoms with van der Waals surface area (Å²) in [7, 11) is 2.63. The van der Waals surface area contributed by atoms with Gasteiger partial charge in [0.1, 0.15) is 24.9 Å². The number of ether oxygens (including phenoxy) is 5. The van der Waals surface area contributed by atoms with Crippen LogP contribution in [-0.4, -0.2) is 78.7 Å². The molecule has 1 unspecified atom stereocenters. The van der Waals surface area contributed by atoms with Crippen LogP contribution in [0, 0.1) is 12.3 Å². The maximum atomic E-state index is 12.9. The van der Waals surface area contributed by atoms with Crippen molar-refractivity contribution in [3.8, 4) is 23.8 Å². The second-order valence-corrected chi connectivity index (χ2v) is 8.95. The van der Waals surface area contributed by atoms with Crippen molar-refractivity contribution in [2.24, 2.45) is 0 Å².